The number of halogens is 1. The molecule has 27 heavy (non-hydrogen) atoms. The first-order valence-corrected chi connectivity index (χ1v) is 12.7. The molecule has 0 radical (unpaired) electrons. The predicted molar refractivity (Wildman–Crippen MR) is 112 cm³/mol. The van der Waals surface area contributed by atoms with E-state index in [0.717, 1.165) is 36.9 Å². The Morgan fingerprint density at radius 2 is 1.44 bits per heavy atom. The molecule has 0 aliphatic heterocycles. The topological polar surface area (TPSA) is 36.9 Å². The summed E-state index contributed by atoms with van der Waals surface area (Å²) in [5.74, 6) is 0.635. The molecule has 0 N–H and O–H groups in total. The fraction of sp³-hybridized carbons (Fsp3) is 0.714. The van der Waals surface area contributed by atoms with Crippen molar-refractivity contribution < 1.29 is 18.0 Å². The van der Waals surface area contributed by atoms with Gasteiger partial charge in [0.2, 0.25) is 0 Å². The first-order chi connectivity index (χ1) is 13.1. The van der Waals surface area contributed by atoms with Gasteiger partial charge in [-0.15, -0.1) is 0 Å². The van der Waals surface area contributed by atoms with Gasteiger partial charge in [-0.2, -0.15) is 0 Å². The molecular formula is C21H35ClO4Si. The molecule has 6 heteroatoms. The highest BCUT2D eigenvalue weighted by Gasteiger charge is 2.39. The molecule has 0 atom stereocenters. The van der Waals surface area contributed by atoms with Crippen LogP contribution < -0.4 is 0 Å². The molecule has 0 amide bonds. The molecule has 1 saturated carbocycles. The van der Waals surface area contributed by atoms with E-state index >= 15 is 0 Å². The number of hydrogen-bond donors (Lipinski definition) is 0. The smallest absolute Gasteiger partial charge is 0.378 e. The van der Waals surface area contributed by atoms with Gasteiger partial charge >= 0.3 is 8.80 Å². The van der Waals surface area contributed by atoms with Gasteiger partial charge in [0.05, 0.1) is 6.10 Å². The second-order valence-corrected chi connectivity index (χ2v) is 10.2. The van der Waals surface area contributed by atoms with Gasteiger partial charge in [-0.25, -0.2) is 0 Å². The molecule has 0 aromatic heterocycles. The lowest BCUT2D eigenvalue weighted by Crippen LogP contribution is -2.46. The Morgan fingerprint density at radius 3 is 1.96 bits per heavy atom. The second kappa shape index (κ2) is 12.2. The van der Waals surface area contributed by atoms with Gasteiger partial charge in [-0.1, -0.05) is 23.7 Å². The van der Waals surface area contributed by atoms with Crippen LogP contribution in [0.1, 0.15) is 64.4 Å². The molecule has 2 rings (SSSR count). The highest BCUT2D eigenvalue weighted by Crippen LogP contribution is 2.34. The molecule has 1 aliphatic carbocycles. The van der Waals surface area contributed by atoms with Crippen LogP contribution in [0, 0.1) is 0 Å². The van der Waals surface area contributed by atoms with Crippen molar-refractivity contribution in [3.63, 3.8) is 0 Å². The van der Waals surface area contributed by atoms with Gasteiger partial charge < -0.3 is 18.0 Å². The average Bonchev–Trinajstić information content (AvgIpc) is 2.67. The van der Waals surface area contributed by atoms with Gasteiger partial charge in [0.1, 0.15) is 0 Å². The zero-order chi connectivity index (χ0) is 19.5. The minimum atomic E-state index is -2.53. The minimum absolute atomic E-state index is 0.371. The monoisotopic (exact) mass is 414 g/mol. The van der Waals surface area contributed by atoms with Crippen LogP contribution in [0.5, 0.6) is 0 Å². The molecule has 0 bridgehead atoms. The predicted octanol–water partition coefficient (Wildman–Crippen LogP) is 5.82. The molecule has 0 spiro atoms. The second-order valence-electron chi connectivity index (χ2n) is 6.98. The largest absolute Gasteiger partial charge is 0.501 e. The van der Waals surface area contributed by atoms with Crippen LogP contribution in [0.25, 0.3) is 0 Å². The Labute approximate surface area is 170 Å². The van der Waals surface area contributed by atoms with Crippen LogP contribution in [0.15, 0.2) is 24.3 Å². The summed E-state index contributed by atoms with van der Waals surface area (Å²) in [5, 5.41) is 0.807. The van der Waals surface area contributed by atoms with E-state index in [-0.39, 0.29) is 0 Å². The average molecular weight is 415 g/mol. The van der Waals surface area contributed by atoms with Crippen molar-refractivity contribution in [3.8, 4) is 0 Å². The van der Waals surface area contributed by atoms with Crippen molar-refractivity contribution in [2.75, 3.05) is 26.4 Å². The van der Waals surface area contributed by atoms with Crippen LogP contribution >= 0.6 is 11.6 Å². The van der Waals surface area contributed by atoms with Gasteiger partial charge in [-0.05, 0) is 76.5 Å². The summed E-state index contributed by atoms with van der Waals surface area (Å²) in [5.41, 5.74) is 1.40. The van der Waals surface area contributed by atoms with Crippen molar-refractivity contribution in [2.24, 2.45) is 0 Å². The Morgan fingerprint density at radius 1 is 0.889 bits per heavy atom. The minimum Gasteiger partial charge on any atom is -0.378 e. The molecule has 1 fully saturated rings. The van der Waals surface area contributed by atoms with Gasteiger partial charge in [0.25, 0.3) is 0 Å². The zero-order valence-electron chi connectivity index (χ0n) is 17.0. The number of rotatable bonds is 12. The SMILES string of the molecule is CCO[Si](CCCO[C@H]1CC[C@H](c2ccc(Cl)cc2)CC1)(OCC)OCC. The molecule has 0 unspecified atom stereocenters. The van der Waals surface area contributed by atoms with Gasteiger partial charge in [0, 0.05) is 37.5 Å². The first kappa shape index (κ1) is 22.9. The van der Waals surface area contributed by atoms with E-state index in [9.17, 15) is 0 Å². The third-order valence-corrected chi connectivity index (χ3v) is 8.49. The van der Waals surface area contributed by atoms with Crippen LogP contribution in [0.2, 0.25) is 11.1 Å². The standard InChI is InChI=1S/C21H35ClO4Si/c1-4-24-27(25-5-2,26-6-3)17-7-16-23-21-14-10-19(11-15-21)18-8-12-20(22)13-9-18/h8-9,12-13,19,21H,4-7,10-11,14-17H2,1-3H3/t19-,21-. The summed E-state index contributed by atoms with van der Waals surface area (Å²) >= 11 is 5.99. The summed E-state index contributed by atoms with van der Waals surface area (Å²) in [7, 11) is -2.53. The van der Waals surface area contributed by atoms with E-state index in [1.54, 1.807) is 0 Å². The number of ether oxygens (including phenoxy) is 1. The van der Waals surface area contributed by atoms with E-state index in [1.807, 2.05) is 32.9 Å². The lowest BCUT2D eigenvalue weighted by atomic mass is 9.83. The van der Waals surface area contributed by atoms with Gasteiger partial charge in [0.15, 0.2) is 0 Å². The van der Waals surface area contributed by atoms with Crippen LogP contribution in [0.4, 0.5) is 0 Å². The Bertz CT molecular complexity index is 500. The number of hydrogen-bond acceptors (Lipinski definition) is 4. The summed E-state index contributed by atoms with van der Waals surface area (Å²) in [6.07, 6.45) is 5.90. The zero-order valence-corrected chi connectivity index (χ0v) is 18.8. The van der Waals surface area contributed by atoms with E-state index in [1.165, 1.54) is 18.4 Å². The lowest BCUT2D eigenvalue weighted by molar-refractivity contribution is 0.0202. The molecule has 154 valence electrons. The summed E-state index contributed by atoms with van der Waals surface area (Å²) in [6.45, 7) is 8.61. The molecule has 1 aromatic carbocycles. The molecule has 0 saturated heterocycles. The maximum absolute atomic E-state index is 6.15. The molecule has 1 aromatic rings. The lowest BCUT2D eigenvalue weighted by Gasteiger charge is -2.30. The summed E-state index contributed by atoms with van der Waals surface area (Å²) < 4.78 is 23.9. The highest BCUT2D eigenvalue weighted by atomic mass is 35.5. The molecular weight excluding hydrogens is 380 g/mol. The Hall–Kier alpha value is -0.433. The Kier molecular flexibility index (Phi) is 10.3. The van der Waals surface area contributed by atoms with E-state index < -0.39 is 8.80 Å². The quantitative estimate of drug-likeness (QED) is 0.319. The highest BCUT2D eigenvalue weighted by molar-refractivity contribution is 6.60. The molecule has 0 heterocycles. The van der Waals surface area contributed by atoms with Crippen molar-refractivity contribution in [1.82, 2.24) is 0 Å². The van der Waals surface area contributed by atoms with Crippen molar-refractivity contribution in [2.45, 2.75) is 70.9 Å². The van der Waals surface area contributed by atoms with Crippen molar-refractivity contribution in [1.29, 1.82) is 0 Å². The molecule has 1 aliphatic rings. The van der Waals surface area contributed by atoms with Crippen LogP contribution in [-0.2, 0) is 18.0 Å². The van der Waals surface area contributed by atoms with Crippen LogP contribution in [0.3, 0.4) is 0 Å². The maximum Gasteiger partial charge on any atom is 0.501 e. The molecule has 4 nitrogen and oxygen atoms in total. The van der Waals surface area contributed by atoms with Crippen molar-refractivity contribution >= 4 is 20.4 Å². The van der Waals surface area contributed by atoms with E-state index in [2.05, 4.69) is 12.1 Å². The first-order valence-electron chi connectivity index (χ1n) is 10.4. The third-order valence-electron chi connectivity index (χ3n) is 5.09. The van der Waals surface area contributed by atoms with E-state index in [0.29, 0.717) is 31.8 Å². The summed E-state index contributed by atoms with van der Waals surface area (Å²) in [6, 6.07) is 9.12. The van der Waals surface area contributed by atoms with Crippen LogP contribution in [-0.4, -0.2) is 41.3 Å². The fourth-order valence-electron chi connectivity index (χ4n) is 3.84. The maximum atomic E-state index is 6.15. The third kappa shape index (κ3) is 7.48. The summed E-state index contributed by atoms with van der Waals surface area (Å²) in [4.78, 5) is 0. The van der Waals surface area contributed by atoms with E-state index in [4.69, 9.17) is 29.6 Å². The normalized spacial score (nSPS) is 20.7. The number of benzene rings is 1. The van der Waals surface area contributed by atoms with Crippen molar-refractivity contribution in [3.05, 3.63) is 34.9 Å². The Balaban J connectivity index is 1.70. The fourth-order valence-corrected chi connectivity index (χ4v) is 6.54. The van der Waals surface area contributed by atoms with Gasteiger partial charge in [-0.3, -0.25) is 0 Å².